The number of piperidine rings is 1. The molecule has 3 rings (SSSR count). The number of hydrogen-bond acceptors (Lipinski definition) is 4. The number of nitrogens with zero attached hydrogens (tertiary/aromatic N) is 3. The highest BCUT2D eigenvalue weighted by molar-refractivity contribution is 5.35. The molecule has 1 aliphatic heterocycles. The van der Waals surface area contributed by atoms with E-state index in [1.54, 1.807) is 12.4 Å². The third-order valence-electron chi connectivity index (χ3n) is 3.71. The van der Waals surface area contributed by atoms with E-state index >= 15 is 0 Å². The maximum atomic E-state index is 5.78. The lowest BCUT2D eigenvalue weighted by molar-refractivity contribution is 0.0424. The average molecular weight is 231 g/mol. The fourth-order valence-corrected chi connectivity index (χ4v) is 2.99. The third kappa shape index (κ3) is 1.93. The van der Waals surface area contributed by atoms with Gasteiger partial charge in [-0.3, -0.25) is 0 Å². The van der Waals surface area contributed by atoms with Crippen molar-refractivity contribution in [1.29, 1.82) is 0 Å². The van der Waals surface area contributed by atoms with Crippen molar-refractivity contribution in [1.82, 2.24) is 9.97 Å². The largest absolute Gasteiger partial charge is 0.374 e. The SMILES string of the molecule is C=CCOC1CC2CC1CN2c1ncccn1. The molecule has 2 heterocycles. The zero-order valence-electron chi connectivity index (χ0n) is 9.83. The summed E-state index contributed by atoms with van der Waals surface area (Å²) in [5, 5.41) is 0. The van der Waals surface area contributed by atoms with E-state index in [4.69, 9.17) is 4.74 Å². The molecule has 3 unspecified atom stereocenters. The van der Waals surface area contributed by atoms with Crippen LogP contribution in [-0.2, 0) is 4.74 Å². The van der Waals surface area contributed by atoms with Crippen molar-refractivity contribution in [3.05, 3.63) is 31.1 Å². The van der Waals surface area contributed by atoms with Crippen LogP contribution in [0, 0.1) is 5.92 Å². The highest BCUT2D eigenvalue weighted by Gasteiger charge is 2.45. The quantitative estimate of drug-likeness (QED) is 0.738. The Morgan fingerprint density at radius 1 is 1.41 bits per heavy atom. The van der Waals surface area contributed by atoms with Crippen LogP contribution >= 0.6 is 0 Å². The molecule has 2 bridgehead atoms. The summed E-state index contributed by atoms with van der Waals surface area (Å²) in [6, 6.07) is 2.41. The van der Waals surface area contributed by atoms with Crippen LogP contribution in [-0.4, -0.2) is 35.3 Å². The van der Waals surface area contributed by atoms with Gasteiger partial charge in [0.25, 0.3) is 0 Å². The summed E-state index contributed by atoms with van der Waals surface area (Å²) in [4.78, 5) is 11.0. The van der Waals surface area contributed by atoms with Crippen molar-refractivity contribution in [2.24, 2.45) is 5.92 Å². The maximum absolute atomic E-state index is 5.78. The maximum Gasteiger partial charge on any atom is 0.225 e. The van der Waals surface area contributed by atoms with Crippen LogP contribution in [0.2, 0.25) is 0 Å². The zero-order valence-corrected chi connectivity index (χ0v) is 9.83. The third-order valence-corrected chi connectivity index (χ3v) is 3.71. The predicted molar refractivity (Wildman–Crippen MR) is 65.8 cm³/mol. The minimum Gasteiger partial charge on any atom is -0.374 e. The molecule has 90 valence electrons. The lowest BCUT2D eigenvalue weighted by Gasteiger charge is -2.31. The molecular formula is C13H17N3O. The van der Waals surface area contributed by atoms with E-state index < -0.39 is 0 Å². The number of ether oxygens (including phenoxy) is 1. The molecule has 0 N–H and O–H groups in total. The highest BCUT2D eigenvalue weighted by atomic mass is 16.5. The van der Waals surface area contributed by atoms with Gasteiger partial charge in [-0.15, -0.1) is 6.58 Å². The van der Waals surface area contributed by atoms with Gasteiger partial charge in [0.15, 0.2) is 0 Å². The Morgan fingerprint density at radius 3 is 2.88 bits per heavy atom. The fourth-order valence-electron chi connectivity index (χ4n) is 2.99. The first-order valence-corrected chi connectivity index (χ1v) is 6.14. The van der Waals surface area contributed by atoms with Crippen molar-refractivity contribution in [2.75, 3.05) is 18.1 Å². The molecule has 0 radical (unpaired) electrons. The van der Waals surface area contributed by atoms with Gasteiger partial charge in [0.2, 0.25) is 5.95 Å². The average Bonchev–Trinajstić information content (AvgIpc) is 2.97. The Labute approximate surface area is 101 Å². The van der Waals surface area contributed by atoms with Gasteiger partial charge in [-0.2, -0.15) is 0 Å². The van der Waals surface area contributed by atoms with Crippen LogP contribution < -0.4 is 4.90 Å². The van der Waals surface area contributed by atoms with Gasteiger partial charge < -0.3 is 9.64 Å². The predicted octanol–water partition coefficient (Wildman–Crippen LogP) is 1.65. The van der Waals surface area contributed by atoms with Crippen molar-refractivity contribution in [2.45, 2.75) is 25.0 Å². The second-order valence-electron chi connectivity index (χ2n) is 4.75. The molecule has 1 saturated heterocycles. The topological polar surface area (TPSA) is 38.2 Å². The number of fused-ring (bicyclic) bond motifs is 2. The second kappa shape index (κ2) is 4.45. The van der Waals surface area contributed by atoms with Gasteiger partial charge >= 0.3 is 0 Å². The Morgan fingerprint density at radius 2 is 2.24 bits per heavy atom. The summed E-state index contributed by atoms with van der Waals surface area (Å²) < 4.78 is 5.78. The molecule has 1 aliphatic carbocycles. The van der Waals surface area contributed by atoms with Crippen LogP contribution in [0.15, 0.2) is 31.1 Å². The molecule has 4 nitrogen and oxygen atoms in total. The molecule has 0 aromatic carbocycles. The first-order chi connectivity index (χ1) is 8.38. The smallest absolute Gasteiger partial charge is 0.225 e. The van der Waals surface area contributed by atoms with E-state index in [0.29, 0.717) is 24.7 Å². The molecule has 4 heteroatoms. The molecule has 2 aliphatic rings. The molecule has 1 aromatic rings. The molecule has 3 atom stereocenters. The molecular weight excluding hydrogens is 214 g/mol. The van der Waals surface area contributed by atoms with Crippen molar-refractivity contribution in [3.63, 3.8) is 0 Å². The van der Waals surface area contributed by atoms with Gasteiger partial charge in [0.05, 0.1) is 12.7 Å². The Bertz CT molecular complexity index is 395. The molecule has 0 amide bonds. The summed E-state index contributed by atoms with van der Waals surface area (Å²) in [6.45, 7) is 5.38. The standard InChI is InChI=1S/C13H17N3O/c1-2-6-17-12-8-11-7-10(12)9-16(11)13-14-4-3-5-15-13/h2-5,10-12H,1,6-9H2. The number of aromatic nitrogens is 2. The van der Waals surface area contributed by atoms with Gasteiger partial charge in [-0.25, -0.2) is 9.97 Å². The first-order valence-electron chi connectivity index (χ1n) is 6.14. The van der Waals surface area contributed by atoms with Crippen LogP contribution in [0.4, 0.5) is 5.95 Å². The molecule has 0 spiro atoms. The highest BCUT2D eigenvalue weighted by Crippen LogP contribution is 2.40. The monoisotopic (exact) mass is 231 g/mol. The van der Waals surface area contributed by atoms with Crippen LogP contribution in [0.25, 0.3) is 0 Å². The van der Waals surface area contributed by atoms with Gasteiger partial charge in [0.1, 0.15) is 0 Å². The van der Waals surface area contributed by atoms with E-state index in [9.17, 15) is 0 Å². The minimum absolute atomic E-state index is 0.401. The molecule has 1 aromatic heterocycles. The van der Waals surface area contributed by atoms with Gasteiger partial charge in [-0.05, 0) is 18.9 Å². The van der Waals surface area contributed by atoms with Crippen molar-refractivity contribution in [3.8, 4) is 0 Å². The Kier molecular flexibility index (Phi) is 2.81. The summed E-state index contributed by atoms with van der Waals surface area (Å²) in [5.74, 6) is 1.49. The zero-order chi connectivity index (χ0) is 11.7. The van der Waals surface area contributed by atoms with Crippen LogP contribution in [0.3, 0.4) is 0 Å². The normalized spacial score (nSPS) is 30.8. The van der Waals surface area contributed by atoms with E-state index in [1.165, 1.54) is 6.42 Å². The second-order valence-corrected chi connectivity index (χ2v) is 4.75. The first kappa shape index (κ1) is 10.7. The minimum atomic E-state index is 0.401. The molecule has 17 heavy (non-hydrogen) atoms. The molecule has 1 saturated carbocycles. The fraction of sp³-hybridized carbons (Fsp3) is 0.538. The van der Waals surface area contributed by atoms with Gasteiger partial charge in [0, 0.05) is 30.9 Å². The van der Waals surface area contributed by atoms with Crippen molar-refractivity contribution >= 4 is 5.95 Å². The Hall–Kier alpha value is -1.42. The Balaban J connectivity index is 1.66. The number of anilines is 1. The number of hydrogen-bond donors (Lipinski definition) is 0. The lowest BCUT2D eigenvalue weighted by Crippen LogP contribution is -2.39. The van der Waals surface area contributed by atoms with Gasteiger partial charge in [-0.1, -0.05) is 6.08 Å². The van der Waals surface area contributed by atoms with Crippen LogP contribution in [0.1, 0.15) is 12.8 Å². The summed E-state index contributed by atoms with van der Waals surface area (Å²) in [7, 11) is 0. The van der Waals surface area contributed by atoms with E-state index in [0.717, 1.165) is 18.9 Å². The van der Waals surface area contributed by atoms with E-state index in [2.05, 4.69) is 21.4 Å². The summed E-state index contributed by atoms with van der Waals surface area (Å²) in [6.07, 6.45) is 8.14. The van der Waals surface area contributed by atoms with E-state index in [-0.39, 0.29) is 0 Å². The van der Waals surface area contributed by atoms with E-state index in [1.807, 2.05) is 12.1 Å². The van der Waals surface area contributed by atoms with Crippen LogP contribution in [0.5, 0.6) is 0 Å². The summed E-state index contributed by atoms with van der Waals surface area (Å²) >= 11 is 0. The lowest BCUT2D eigenvalue weighted by atomic mass is 10.1. The molecule has 2 fully saturated rings. The summed E-state index contributed by atoms with van der Waals surface area (Å²) in [5.41, 5.74) is 0. The van der Waals surface area contributed by atoms with Crippen molar-refractivity contribution < 1.29 is 4.74 Å². The number of rotatable bonds is 4.